The Bertz CT molecular complexity index is 1000. The molecule has 0 atom stereocenters. The fourth-order valence-electron chi connectivity index (χ4n) is 4.78. The average molecular weight is 412 g/mol. The number of nitriles is 1. The maximum atomic E-state index is 9.29. The lowest BCUT2D eigenvalue weighted by atomic mass is 9.89. The second-order valence-electron chi connectivity index (χ2n) is 9.10. The first kappa shape index (κ1) is 21.4. The minimum absolute atomic E-state index is 0.748. The Kier molecular flexibility index (Phi) is 7.22. The molecule has 0 radical (unpaired) electrons. The molecule has 0 N–H and O–H groups in total. The molecular weight excluding hydrogens is 378 g/mol. The molecule has 1 aliphatic carbocycles. The highest BCUT2D eigenvalue weighted by molar-refractivity contribution is 5.32. The summed E-state index contributed by atoms with van der Waals surface area (Å²) in [7, 11) is 0. The molecule has 160 valence electrons. The topological polar surface area (TPSA) is 32.0 Å². The van der Waals surface area contributed by atoms with Crippen LogP contribution in [0.1, 0.15) is 60.1 Å². The summed E-state index contributed by atoms with van der Waals surface area (Å²) in [6.07, 6.45) is 9.01. The van der Waals surface area contributed by atoms with E-state index in [4.69, 9.17) is 0 Å². The molecule has 3 aromatic rings. The molecule has 4 rings (SSSR count). The molecule has 1 aromatic heterocycles. The van der Waals surface area contributed by atoms with Crippen LogP contribution in [0.3, 0.4) is 0 Å². The van der Waals surface area contributed by atoms with Gasteiger partial charge in [-0.15, -0.1) is 0 Å². The highest BCUT2D eigenvalue weighted by Gasteiger charge is 2.19. The van der Waals surface area contributed by atoms with Crippen LogP contribution < -0.4 is 0 Å². The van der Waals surface area contributed by atoms with Crippen molar-refractivity contribution in [2.24, 2.45) is 5.92 Å². The van der Waals surface area contributed by atoms with Gasteiger partial charge in [0, 0.05) is 38.1 Å². The highest BCUT2D eigenvalue weighted by Crippen LogP contribution is 2.26. The van der Waals surface area contributed by atoms with Gasteiger partial charge in [0.2, 0.25) is 0 Å². The van der Waals surface area contributed by atoms with E-state index in [0.29, 0.717) is 0 Å². The van der Waals surface area contributed by atoms with E-state index in [1.54, 1.807) is 0 Å². The van der Waals surface area contributed by atoms with Crippen LogP contribution in [0.4, 0.5) is 0 Å². The maximum absolute atomic E-state index is 9.29. The largest absolute Gasteiger partial charge is 0.346 e. The van der Waals surface area contributed by atoms with Crippen molar-refractivity contribution in [1.82, 2.24) is 9.47 Å². The van der Waals surface area contributed by atoms with Gasteiger partial charge in [0.25, 0.3) is 0 Å². The maximum Gasteiger partial charge on any atom is 0.0991 e. The van der Waals surface area contributed by atoms with Crippen molar-refractivity contribution in [3.05, 3.63) is 94.8 Å². The van der Waals surface area contributed by atoms with E-state index in [1.165, 1.54) is 54.5 Å². The molecule has 0 saturated heterocycles. The van der Waals surface area contributed by atoms with Crippen LogP contribution in [0.5, 0.6) is 0 Å². The monoisotopic (exact) mass is 411 g/mol. The molecule has 31 heavy (non-hydrogen) atoms. The number of hydrogen-bond acceptors (Lipinski definition) is 2. The fraction of sp³-hybridized carbons (Fsp3) is 0.393. The molecular formula is C28H33N3. The zero-order chi connectivity index (χ0) is 21.5. The van der Waals surface area contributed by atoms with Crippen LogP contribution in [-0.4, -0.2) is 16.0 Å². The normalized spacial score (nSPS) is 14.6. The molecule has 1 saturated carbocycles. The van der Waals surface area contributed by atoms with Crippen LogP contribution in [0.2, 0.25) is 0 Å². The minimum atomic E-state index is 0.748. The first-order valence-electron chi connectivity index (χ1n) is 11.6. The van der Waals surface area contributed by atoms with Crippen molar-refractivity contribution in [3.8, 4) is 6.07 Å². The number of aromatic nitrogens is 1. The summed E-state index contributed by atoms with van der Waals surface area (Å²) in [6, 6.07) is 23.6. The third-order valence-corrected chi connectivity index (χ3v) is 6.49. The first-order valence-corrected chi connectivity index (χ1v) is 11.6. The van der Waals surface area contributed by atoms with Crippen LogP contribution in [-0.2, 0) is 19.6 Å². The molecule has 3 nitrogen and oxygen atoms in total. The summed E-state index contributed by atoms with van der Waals surface area (Å²) in [5.74, 6) is 0.786. The van der Waals surface area contributed by atoms with Crippen LogP contribution in [0.15, 0.2) is 66.9 Å². The predicted molar refractivity (Wildman–Crippen MR) is 127 cm³/mol. The third-order valence-electron chi connectivity index (χ3n) is 6.49. The van der Waals surface area contributed by atoms with E-state index in [9.17, 15) is 5.26 Å². The zero-order valence-corrected chi connectivity index (χ0v) is 18.6. The molecule has 0 bridgehead atoms. The summed E-state index contributed by atoms with van der Waals surface area (Å²) in [6.45, 7) is 6.00. The predicted octanol–water partition coefficient (Wildman–Crippen LogP) is 6.30. The van der Waals surface area contributed by atoms with Gasteiger partial charge in [0.15, 0.2) is 0 Å². The zero-order valence-electron chi connectivity index (χ0n) is 18.6. The van der Waals surface area contributed by atoms with Crippen molar-refractivity contribution < 1.29 is 0 Å². The van der Waals surface area contributed by atoms with E-state index in [0.717, 1.165) is 37.7 Å². The Morgan fingerprint density at radius 1 is 0.935 bits per heavy atom. The lowest BCUT2D eigenvalue weighted by Gasteiger charge is -2.30. The molecule has 0 aliphatic heterocycles. The first-order chi connectivity index (χ1) is 15.2. The van der Waals surface area contributed by atoms with Gasteiger partial charge in [-0.2, -0.15) is 5.26 Å². The lowest BCUT2D eigenvalue weighted by Crippen LogP contribution is -2.30. The molecule has 0 amide bonds. The Morgan fingerprint density at radius 3 is 2.52 bits per heavy atom. The molecule has 3 heteroatoms. The van der Waals surface area contributed by atoms with E-state index >= 15 is 0 Å². The standard InChI is InChI=1S/C28H33N3/c1-23-12-14-25(15-13-23)21-31-16-6-11-28(31)22-30(19-24-7-3-2-4-8-24)20-27-10-5-9-26(17-27)18-29/h5-6,9-17,24H,2-4,7-8,19-22H2,1H3. The van der Waals surface area contributed by atoms with Gasteiger partial charge in [0.05, 0.1) is 11.6 Å². The lowest BCUT2D eigenvalue weighted by molar-refractivity contribution is 0.183. The molecule has 0 spiro atoms. The molecule has 0 unspecified atom stereocenters. The van der Waals surface area contributed by atoms with Gasteiger partial charge in [-0.05, 0) is 61.1 Å². The minimum Gasteiger partial charge on any atom is -0.346 e. The Morgan fingerprint density at radius 2 is 1.74 bits per heavy atom. The van der Waals surface area contributed by atoms with Crippen LogP contribution >= 0.6 is 0 Å². The molecule has 1 heterocycles. The van der Waals surface area contributed by atoms with E-state index in [2.05, 4.69) is 71.1 Å². The van der Waals surface area contributed by atoms with Gasteiger partial charge >= 0.3 is 0 Å². The summed E-state index contributed by atoms with van der Waals surface area (Å²) >= 11 is 0. The number of benzene rings is 2. The summed E-state index contributed by atoms with van der Waals surface area (Å²) < 4.78 is 2.38. The average Bonchev–Trinajstić information content (AvgIpc) is 3.22. The highest BCUT2D eigenvalue weighted by atomic mass is 15.1. The van der Waals surface area contributed by atoms with Gasteiger partial charge in [-0.25, -0.2) is 0 Å². The fourth-order valence-corrected chi connectivity index (χ4v) is 4.78. The Labute approximate surface area is 186 Å². The number of nitrogens with zero attached hydrogens (tertiary/aromatic N) is 3. The number of aryl methyl sites for hydroxylation is 1. The van der Waals surface area contributed by atoms with Crippen molar-refractivity contribution >= 4 is 0 Å². The van der Waals surface area contributed by atoms with Crippen molar-refractivity contribution in [3.63, 3.8) is 0 Å². The smallest absolute Gasteiger partial charge is 0.0991 e. The summed E-state index contributed by atoms with van der Waals surface area (Å²) in [5, 5.41) is 9.29. The van der Waals surface area contributed by atoms with E-state index < -0.39 is 0 Å². The third kappa shape index (κ3) is 6.09. The summed E-state index contributed by atoms with van der Waals surface area (Å²) in [4.78, 5) is 2.59. The molecule has 2 aromatic carbocycles. The van der Waals surface area contributed by atoms with Crippen LogP contribution in [0.25, 0.3) is 0 Å². The summed E-state index contributed by atoms with van der Waals surface area (Å²) in [5.41, 5.74) is 5.97. The van der Waals surface area contributed by atoms with Crippen molar-refractivity contribution in [1.29, 1.82) is 5.26 Å². The second-order valence-corrected chi connectivity index (χ2v) is 9.10. The van der Waals surface area contributed by atoms with Gasteiger partial charge in [-0.1, -0.05) is 61.2 Å². The van der Waals surface area contributed by atoms with E-state index in [1.807, 2.05) is 18.2 Å². The SMILES string of the molecule is Cc1ccc(Cn2cccc2CN(Cc2cccc(C#N)c2)CC2CCCCC2)cc1. The number of rotatable bonds is 8. The van der Waals surface area contributed by atoms with Gasteiger partial charge < -0.3 is 4.57 Å². The van der Waals surface area contributed by atoms with Crippen LogP contribution in [0, 0.1) is 24.2 Å². The van der Waals surface area contributed by atoms with Crippen molar-refractivity contribution in [2.45, 2.75) is 58.7 Å². The molecule has 1 aliphatic rings. The van der Waals surface area contributed by atoms with Gasteiger partial charge in [-0.3, -0.25) is 4.90 Å². The molecule has 1 fully saturated rings. The second kappa shape index (κ2) is 10.5. The van der Waals surface area contributed by atoms with E-state index in [-0.39, 0.29) is 0 Å². The number of hydrogen-bond donors (Lipinski definition) is 0. The van der Waals surface area contributed by atoms with Crippen molar-refractivity contribution in [2.75, 3.05) is 6.54 Å². The quantitative estimate of drug-likeness (QED) is 0.436. The van der Waals surface area contributed by atoms with Gasteiger partial charge in [0.1, 0.15) is 0 Å². The Hall–Kier alpha value is -2.83. The Balaban J connectivity index is 1.50.